The molecule has 2 unspecified atom stereocenters. The van der Waals surface area contributed by atoms with E-state index >= 15 is 0 Å². The van der Waals surface area contributed by atoms with Crippen LogP contribution in [0.3, 0.4) is 0 Å². The smallest absolute Gasteiger partial charge is 0.387 e. The second kappa shape index (κ2) is 9.08. The minimum Gasteiger partial charge on any atom is -0.431 e. The normalized spacial score (nSPS) is 29.5. The molecule has 2 atom stereocenters. The summed E-state index contributed by atoms with van der Waals surface area (Å²) in [5.41, 5.74) is 13.8. The number of halogens is 2. The van der Waals surface area contributed by atoms with Gasteiger partial charge < -0.3 is 20.9 Å². The first-order chi connectivity index (χ1) is 14.8. The van der Waals surface area contributed by atoms with E-state index in [1.807, 2.05) is 19.9 Å². The van der Waals surface area contributed by atoms with Crippen molar-refractivity contribution in [1.82, 2.24) is 9.88 Å². The zero-order valence-electron chi connectivity index (χ0n) is 18.0. The van der Waals surface area contributed by atoms with Crippen molar-refractivity contribution < 1.29 is 18.3 Å². The molecule has 0 amide bonds. The van der Waals surface area contributed by atoms with Gasteiger partial charge in [0.25, 0.3) is 0 Å². The van der Waals surface area contributed by atoms with Crippen LogP contribution in [0.4, 0.5) is 14.6 Å². The van der Waals surface area contributed by atoms with Crippen LogP contribution in [0.15, 0.2) is 23.3 Å². The van der Waals surface area contributed by atoms with Crippen LogP contribution < -0.4 is 16.2 Å². The molecule has 4 rings (SSSR count). The molecule has 2 heterocycles. The summed E-state index contributed by atoms with van der Waals surface area (Å²) in [7, 11) is 0. The Morgan fingerprint density at radius 1 is 1.29 bits per heavy atom. The summed E-state index contributed by atoms with van der Waals surface area (Å²) in [4.78, 5) is 11.3. The Morgan fingerprint density at radius 3 is 2.58 bits per heavy atom. The molecule has 1 aromatic rings. The van der Waals surface area contributed by atoms with E-state index < -0.39 is 6.61 Å². The lowest BCUT2D eigenvalue weighted by atomic mass is 10.0. The van der Waals surface area contributed by atoms with Crippen LogP contribution >= 0.6 is 0 Å². The Hall–Kier alpha value is -2.26. The van der Waals surface area contributed by atoms with Crippen LogP contribution in [-0.2, 0) is 4.74 Å². The van der Waals surface area contributed by atoms with Gasteiger partial charge in [-0.05, 0) is 50.7 Å². The number of anilines is 1. The molecule has 31 heavy (non-hydrogen) atoms. The summed E-state index contributed by atoms with van der Waals surface area (Å²) in [6.45, 7) is 4.77. The third kappa shape index (κ3) is 4.98. The Labute approximate surface area is 181 Å². The molecule has 0 aromatic carbocycles. The zero-order chi connectivity index (χ0) is 22.1. The maximum atomic E-state index is 12.6. The van der Waals surface area contributed by atoms with Gasteiger partial charge in [0.15, 0.2) is 11.6 Å². The molecule has 170 valence electrons. The zero-order valence-corrected chi connectivity index (χ0v) is 18.0. The summed E-state index contributed by atoms with van der Waals surface area (Å²) < 4.78 is 35.2. The molecule has 2 saturated carbocycles. The third-order valence-electron chi connectivity index (χ3n) is 6.47. The van der Waals surface area contributed by atoms with E-state index in [1.54, 1.807) is 0 Å². The van der Waals surface area contributed by atoms with Crippen molar-refractivity contribution in [3.05, 3.63) is 23.9 Å². The molecule has 1 aromatic heterocycles. The van der Waals surface area contributed by atoms with Gasteiger partial charge in [-0.15, -0.1) is 0 Å². The number of pyridine rings is 1. The van der Waals surface area contributed by atoms with Crippen molar-refractivity contribution in [3.8, 4) is 5.75 Å². The van der Waals surface area contributed by atoms with Crippen LogP contribution in [0.25, 0.3) is 5.70 Å². The lowest BCUT2D eigenvalue weighted by molar-refractivity contribution is -0.0495. The van der Waals surface area contributed by atoms with Crippen LogP contribution in [0.2, 0.25) is 0 Å². The number of nitrogens with zero attached hydrogens (tertiary/aromatic N) is 3. The molecule has 4 N–H and O–H groups in total. The Balaban J connectivity index is 1.48. The van der Waals surface area contributed by atoms with Gasteiger partial charge in [-0.25, -0.2) is 4.98 Å². The van der Waals surface area contributed by atoms with Gasteiger partial charge in [0.05, 0.1) is 13.2 Å². The maximum Gasteiger partial charge on any atom is 0.387 e. The number of aliphatic imine (C=N–C) groups is 1. The summed E-state index contributed by atoms with van der Waals surface area (Å²) in [6.07, 6.45) is 5.69. The van der Waals surface area contributed by atoms with Crippen LogP contribution in [0.1, 0.15) is 32.3 Å². The topological polar surface area (TPSA) is 99.0 Å². The average Bonchev–Trinajstić information content (AvgIpc) is 3.22. The number of fused-ring (bicyclic) bond motifs is 1. The molecule has 3 aliphatic rings. The fourth-order valence-electron chi connectivity index (χ4n) is 5.06. The highest BCUT2D eigenvalue weighted by atomic mass is 19.3. The fourth-order valence-corrected chi connectivity index (χ4v) is 5.06. The first-order valence-corrected chi connectivity index (χ1v) is 10.9. The molecule has 2 aliphatic carbocycles. The van der Waals surface area contributed by atoms with E-state index in [9.17, 15) is 8.78 Å². The number of ether oxygens (including phenoxy) is 2. The summed E-state index contributed by atoms with van der Waals surface area (Å²) in [5, 5.41) is 0. The summed E-state index contributed by atoms with van der Waals surface area (Å²) in [6, 6.07) is 2.17. The lowest BCUT2D eigenvalue weighted by Crippen LogP contribution is -2.43. The summed E-state index contributed by atoms with van der Waals surface area (Å²) in [5.74, 6) is 1.37. The fraction of sp³-hybridized carbons (Fsp3) is 0.636. The van der Waals surface area contributed by atoms with Gasteiger partial charge in [-0.2, -0.15) is 8.78 Å². The highest BCUT2D eigenvalue weighted by Crippen LogP contribution is 2.59. The van der Waals surface area contributed by atoms with Crippen LogP contribution in [0, 0.1) is 17.8 Å². The molecule has 9 heteroatoms. The molecule has 7 nitrogen and oxygen atoms in total. The van der Waals surface area contributed by atoms with Gasteiger partial charge >= 0.3 is 6.61 Å². The molecular formula is C22H31F2N5O2. The van der Waals surface area contributed by atoms with Gasteiger partial charge in [-0.3, -0.25) is 9.89 Å². The standard InChI is InChI=1S/C22H31F2N5O2/c1-12(2)28-18(10-17(25)13-7-19(31-22(23)24)21(26)27-11-13)20-15-8-14(9-16(15)20)29-3-5-30-6-4-29/h7,10-12,14-16,20,22H,3-6,8-9,25H2,1-2H3,(H2,26,27). The van der Waals surface area contributed by atoms with Crippen LogP contribution in [0.5, 0.6) is 5.75 Å². The Bertz CT molecular complexity index is 842. The molecule has 0 spiro atoms. The van der Waals surface area contributed by atoms with E-state index in [0.29, 0.717) is 35.1 Å². The Morgan fingerprint density at radius 2 is 1.97 bits per heavy atom. The predicted molar refractivity (Wildman–Crippen MR) is 116 cm³/mol. The van der Waals surface area contributed by atoms with E-state index in [-0.39, 0.29) is 17.6 Å². The molecule has 0 radical (unpaired) electrons. The van der Waals surface area contributed by atoms with Crippen molar-refractivity contribution >= 4 is 17.2 Å². The second-order valence-electron chi connectivity index (χ2n) is 8.86. The summed E-state index contributed by atoms with van der Waals surface area (Å²) >= 11 is 0. The quantitative estimate of drug-likeness (QED) is 0.639. The molecule has 1 aliphatic heterocycles. The first kappa shape index (κ1) is 22.0. The number of aromatic nitrogens is 1. The predicted octanol–water partition coefficient (Wildman–Crippen LogP) is 2.77. The molecule has 3 fully saturated rings. The van der Waals surface area contributed by atoms with Gasteiger partial charge in [0, 0.05) is 54.3 Å². The molecular weight excluding hydrogens is 404 g/mol. The lowest BCUT2D eigenvalue weighted by Gasteiger charge is -2.33. The van der Waals surface area contributed by atoms with Gasteiger partial charge in [0.2, 0.25) is 0 Å². The van der Waals surface area contributed by atoms with Crippen LogP contribution in [-0.4, -0.2) is 60.6 Å². The number of hydrogen-bond donors (Lipinski definition) is 2. The minimum atomic E-state index is -2.98. The highest BCUT2D eigenvalue weighted by molar-refractivity contribution is 6.04. The number of rotatable bonds is 7. The number of nitrogens with two attached hydrogens (primary N) is 2. The monoisotopic (exact) mass is 435 g/mol. The number of nitrogen functional groups attached to an aromatic ring is 1. The minimum absolute atomic E-state index is 0.0983. The average molecular weight is 436 g/mol. The largest absolute Gasteiger partial charge is 0.431 e. The van der Waals surface area contributed by atoms with E-state index in [4.69, 9.17) is 21.2 Å². The SMILES string of the molecule is CC(C)N=C(C=C(N)c1cnc(N)c(OC(F)F)c1)C1C2CC(N3CCOCC3)CC21. The molecule has 0 bridgehead atoms. The van der Waals surface area contributed by atoms with E-state index in [1.165, 1.54) is 25.1 Å². The second-order valence-corrected chi connectivity index (χ2v) is 8.86. The van der Waals surface area contributed by atoms with Crippen molar-refractivity contribution in [2.45, 2.75) is 45.4 Å². The third-order valence-corrected chi connectivity index (χ3v) is 6.47. The first-order valence-electron chi connectivity index (χ1n) is 10.9. The van der Waals surface area contributed by atoms with Crippen molar-refractivity contribution in [2.24, 2.45) is 28.5 Å². The number of allylic oxidation sites excluding steroid dienone is 1. The Kier molecular flexibility index (Phi) is 6.43. The van der Waals surface area contributed by atoms with E-state index in [0.717, 1.165) is 32.0 Å². The number of alkyl halides is 2. The van der Waals surface area contributed by atoms with E-state index in [2.05, 4.69) is 14.6 Å². The highest BCUT2D eigenvalue weighted by Gasteiger charge is 2.58. The maximum absolute atomic E-state index is 12.6. The van der Waals surface area contributed by atoms with Gasteiger partial charge in [0.1, 0.15) is 0 Å². The van der Waals surface area contributed by atoms with Crippen molar-refractivity contribution in [2.75, 3.05) is 32.0 Å². The van der Waals surface area contributed by atoms with Gasteiger partial charge in [-0.1, -0.05) is 0 Å². The number of hydrogen-bond acceptors (Lipinski definition) is 7. The van der Waals surface area contributed by atoms with Crippen molar-refractivity contribution in [3.63, 3.8) is 0 Å². The molecule has 1 saturated heterocycles. The van der Waals surface area contributed by atoms with Crippen molar-refractivity contribution in [1.29, 1.82) is 0 Å². The number of morpholine rings is 1.